The van der Waals surface area contributed by atoms with Gasteiger partial charge in [-0.3, -0.25) is 0 Å². The molecule has 2 aromatic rings. The van der Waals surface area contributed by atoms with Crippen LogP contribution in [0, 0.1) is 0 Å². The molecule has 3 aliphatic rings. The molecule has 5 nitrogen and oxygen atoms in total. The van der Waals surface area contributed by atoms with Gasteiger partial charge in [0, 0.05) is 24.8 Å². The highest BCUT2D eigenvalue weighted by atomic mass is 16.7. The van der Waals surface area contributed by atoms with E-state index in [4.69, 9.17) is 18.9 Å². The molecule has 0 aromatic heterocycles. The van der Waals surface area contributed by atoms with Gasteiger partial charge in [0.05, 0.1) is 26.2 Å². The van der Waals surface area contributed by atoms with Crippen LogP contribution in [0.3, 0.4) is 0 Å². The summed E-state index contributed by atoms with van der Waals surface area (Å²) in [5, 5.41) is 0. The molecule has 0 fully saturated rings. The number of nitrogens with zero attached hydrogens (tertiary/aromatic N) is 1. The molecule has 2 aromatic carbocycles. The zero-order chi connectivity index (χ0) is 20.2. The van der Waals surface area contributed by atoms with Gasteiger partial charge in [-0.1, -0.05) is 19.9 Å². The van der Waals surface area contributed by atoms with E-state index in [9.17, 15) is 0 Å². The molecule has 0 radical (unpaired) electrons. The summed E-state index contributed by atoms with van der Waals surface area (Å²) in [4.78, 5) is 0. The lowest BCUT2D eigenvalue weighted by molar-refractivity contribution is -0.623. The van der Waals surface area contributed by atoms with Crippen molar-refractivity contribution in [2.75, 3.05) is 27.6 Å². The molecule has 152 valence electrons. The van der Waals surface area contributed by atoms with E-state index in [1.165, 1.54) is 28.0 Å². The smallest absolute Gasteiger partial charge is 0.231 e. The van der Waals surface area contributed by atoms with E-state index in [2.05, 4.69) is 36.6 Å². The highest BCUT2D eigenvalue weighted by Gasteiger charge is 2.51. The summed E-state index contributed by atoms with van der Waals surface area (Å²) >= 11 is 0. The fourth-order valence-corrected chi connectivity index (χ4v) is 5.56. The molecule has 0 bridgehead atoms. The summed E-state index contributed by atoms with van der Waals surface area (Å²) in [7, 11) is 3.46. The quantitative estimate of drug-likeness (QED) is 0.733. The number of benzene rings is 2. The molecule has 0 N–H and O–H groups in total. The first-order valence-corrected chi connectivity index (χ1v) is 10.5. The van der Waals surface area contributed by atoms with Gasteiger partial charge in [0.1, 0.15) is 6.54 Å². The fourth-order valence-electron chi connectivity index (χ4n) is 5.56. The summed E-state index contributed by atoms with van der Waals surface area (Å²) in [6.45, 7) is 5.86. The first kappa shape index (κ1) is 18.3. The maximum Gasteiger partial charge on any atom is 0.231 e. The minimum Gasteiger partial charge on any atom is -0.493 e. The van der Waals surface area contributed by atoms with Crippen molar-refractivity contribution in [2.24, 2.45) is 0 Å². The van der Waals surface area contributed by atoms with Crippen molar-refractivity contribution in [3.8, 4) is 23.0 Å². The molecular weight excluding hydrogens is 366 g/mol. The Morgan fingerprint density at radius 1 is 1.00 bits per heavy atom. The maximum absolute atomic E-state index is 5.91. The van der Waals surface area contributed by atoms with Crippen LogP contribution in [0.15, 0.2) is 24.3 Å². The molecule has 0 unspecified atom stereocenters. The van der Waals surface area contributed by atoms with Gasteiger partial charge in [-0.25, -0.2) is 4.58 Å². The number of hydrogen-bond donors (Lipinski definition) is 0. The summed E-state index contributed by atoms with van der Waals surface area (Å²) in [6, 6.07) is 8.60. The van der Waals surface area contributed by atoms with Crippen molar-refractivity contribution in [1.82, 2.24) is 0 Å². The monoisotopic (exact) mass is 394 g/mol. The van der Waals surface area contributed by atoms with E-state index in [1.54, 1.807) is 14.2 Å². The van der Waals surface area contributed by atoms with Gasteiger partial charge in [-0.15, -0.1) is 0 Å². The Morgan fingerprint density at radius 2 is 1.76 bits per heavy atom. The van der Waals surface area contributed by atoms with Gasteiger partial charge in [0.25, 0.3) is 0 Å². The van der Waals surface area contributed by atoms with E-state index in [0.717, 1.165) is 55.2 Å². The summed E-state index contributed by atoms with van der Waals surface area (Å²) in [6.07, 6.45) is 3.88. The SMILES string of the molecule is CCC1(CC)c2c(ccc(OC)c2OC)CC2=[N+]1CCc1cc3c(cc12)OCO3. The van der Waals surface area contributed by atoms with Crippen LogP contribution in [-0.4, -0.2) is 37.8 Å². The van der Waals surface area contributed by atoms with Crippen LogP contribution >= 0.6 is 0 Å². The molecular formula is C24H28NO4+. The van der Waals surface area contributed by atoms with Crippen LogP contribution in [0.1, 0.15) is 48.9 Å². The van der Waals surface area contributed by atoms with Crippen molar-refractivity contribution in [3.05, 3.63) is 46.5 Å². The average Bonchev–Trinajstić information content (AvgIpc) is 3.22. The second-order valence-corrected chi connectivity index (χ2v) is 7.96. The average molecular weight is 394 g/mol. The zero-order valence-corrected chi connectivity index (χ0v) is 17.6. The molecule has 5 heteroatoms. The van der Waals surface area contributed by atoms with Crippen molar-refractivity contribution in [1.29, 1.82) is 0 Å². The van der Waals surface area contributed by atoms with Gasteiger partial charge in [-0.2, -0.15) is 0 Å². The van der Waals surface area contributed by atoms with Gasteiger partial charge in [-0.05, 0) is 29.3 Å². The van der Waals surface area contributed by atoms with Crippen LogP contribution in [-0.2, 0) is 18.4 Å². The summed E-state index contributed by atoms with van der Waals surface area (Å²) < 4.78 is 25.5. The molecule has 0 saturated carbocycles. The Kier molecular flexibility index (Phi) is 4.23. The molecule has 0 spiro atoms. The predicted octanol–water partition coefficient (Wildman–Crippen LogP) is 4.06. The summed E-state index contributed by atoms with van der Waals surface area (Å²) in [5.74, 6) is 3.42. The van der Waals surface area contributed by atoms with Crippen LogP contribution < -0.4 is 18.9 Å². The number of rotatable bonds is 4. The van der Waals surface area contributed by atoms with E-state index < -0.39 is 0 Å². The molecule has 5 rings (SSSR count). The number of hydrogen-bond acceptors (Lipinski definition) is 4. The highest BCUT2D eigenvalue weighted by molar-refractivity contribution is 6.02. The molecule has 0 atom stereocenters. The Balaban J connectivity index is 1.76. The van der Waals surface area contributed by atoms with Crippen LogP contribution in [0.5, 0.6) is 23.0 Å². The lowest BCUT2D eigenvalue weighted by Gasteiger charge is -2.39. The largest absolute Gasteiger partial charge is 0.493 e. The van der Waals surface area contributed by atoms with Gasteiger partial charge in [0.2, 0.25) is 6.79 Å². The molecule has 0 amide bonds. The number of ether oxygens (including phenoxy) is 4. The lowest BCUT2D eigenvalue weighted by atomic mass is 9.74. The standard InChI is InChI=1S/C24H28NO4/c1-5-24(6-2)22-16(7-8-19(26-3)23(22)27-4)11-18-17-13-21-20(28-14-29-21)12-15(17)9-10-25(18)24/h7-8,12-13H,5-6,9-11,14H2,1-4H3/q+1. The van der Waals surface area contributed by atoms with Crippen molar-refractivity contribution in [3.63, 3.8) is 0 Å². The molecule has 3 aliphatic heterocycles. The fraction of sp³-hybridized carbons (Fsp3) is 0.458. The van der Waals surface area contributed by atoms with Crippen molar-refractivity contribution < 1.29 is 23.5 Å². The number of fused-ring (bicyclic) bond motifs is 4. The van der Waals surface area contributed by atoms with E-state index in [0.29, 0.717) is 6.79 Å². The molecule has 29 heavy (non-hydrogen) atoms. The first-order chi connectivity index (χ1) is 14.2. The van der Waals surface area contributed by atoms with Crippen LogP contribution in [0.4, 0.5) is 0 Å². The number of methoxy groups -OCH3 is 2. The highest BCUT2D eigenvalue weighted by Crippen LogP contribution is 2.49. The van der Waals surface area contributed by atoms with Gasteiger partial charge < -0.3 is 18.9 Å². The summed E-state index contributed by atoms with van der Waals surface area (Å²) in [5.41, 5.74) is 6.53. The van der Waals surface area contributed by atoms with E-state index >= 15 is 0 Å². The third kappa shape index (κ3) is 2.42. The van der Waals surface area contributed by atoms with Crippen LogP contribution in [0.2, 0.25) is 0 Å². The van der Waals surface area contributed by atoms with Gasteiger partial charge in [0.15, 0.2) is 34.2 Å². The lowest BCUT2D eigenvalue weighted by Crippen LogP contribution is -2.49. The third-order valence-electron chi connectivity index (χ3n) is 6.98. The predicted molar refractivity (Wildman–Crippen MR) is 111 cm³/mol. The van der Waals surface area contributed by atoms with Gasteiger partial charge >= 0.3 is 0 Å². The zero-order valence-electron chi connectivity index (χ0n) is 17.6. The molecule has 0 saturated heterocycles. The Hall–Kier alpha value is -2.69. The minimum absolute atomic E-state index is 0.114. The topological polar surface area (TPSA) is 39.9 Å². The molecule has 0 aliphatic carbocycles. The normalized spacial score (nSPS) is 18.1. The Bertz CT molecular complexity index is 1020. The van der Waals surface area contributed by atoms with E-state index in [-0.39, 0.29) is 5.54 Å². The Morgan fingerprint density at radius 3 is 2.45 bits per heavy atom. The second kappa shape index (κ2) is 6.68. The maximum atomic E-state index is 5.91. The molecule has 3 heterocycles. The second-order valence-electron chi connectivity index (χ2n) is 7.96. The minimum atomic E-state index is -0.114. The first-order valence-electron chi connectivity index (χ1n) is 10.5. The van der Waals surface area contributed by atoms with Crippen molar-refractivity contribution >= 4 is 5.71 Å². The van der Waals surface area contributed by atoms with Crippen molar-refractivity contribution in [2.45, 2.75) is 45.1 Å². The third-order valence-corrected chi connectivity index (χ3v) is 6.98. The van der Waals surface area contributed by atoms with E-state index in [1.807, 2.05) is 6.07 Å². The van der Waals surface area contributed by atoms with Crippen LogP contribution in [0.25, 0.3) is 0 Å². The Labute approximate surface area is 171 Å².